The summed E-state index contributed by atoms with van der Waals surface area (Å²) < 4.78 is 0. The van der Waals surface area contributed by atoms with Crippen LogP contribution in [0.2, 0.25) is 5.02 Å². The van der Waals surface area contributed by atoms with Crippen LogP contribution in [-0.2, 0) is 4.79 Å². The molecular weight excluding hydrogens is 272 g/mol. The van der Waals surface area contributed by atoms with Crippen molar-refractivity contribution in [3.05, 3.63) is 33.3 Å². The Balaban J connectivity index is 2.37. The maximum atomic E-state index is 11.4. The van der Waals surface area contributed by atoms with E-state index in [4.69, 9.17) is 11.6 Å². The average Bonchev–Trinajstić information content (AvgIpc) is 2.81. The van der Waals surface area contributed by atoms with Crippen molar-refractivity contribution in [1.29, 1.82) is 0 Å². The van der Waals surface area contributed by atoms with Crippen LogP contribution in [0.15, 0.2) is 18.2 Å². The molecule has 2 N–H and O–H groups in total. The third-order valence-corrected chi connectivity index (χ3v) is 3.63. The monoisotopic (exact) mass is 284 g/mol. The second kappa shape index (κ2) is 5.05. The highest BCUT2D eigenvalue weighted by atomic mass is 35.5. The fourth-order valence-corrected chi connectivity index (χ4v) is 2.56. The van der Waals surface area contributed by atoms with E-state index >= 15 is 0 Å². The quantitative estimate of drug-likeness (QED) is 0.655. The van der Waals surface area contributed by atoms with E-state index in [1.165, 1.54) is 18.2 Å². The molecule has 0 aliphatic heterocycles. The normalized spacial score (nSPS) is 17.1. The number of hydrogen-bond acceptors (Lipinski definition) is 4. The van der Waals surface area contributed by atoms with Crippen LogP contribution < -0.4 is 5.32 Å². The molecule has 1 fully saturated rings. The molecule has 1 saturated carbocycles. The molecule has 0 bridgehead atoms. The zero-order chi connectivity index (χ0) is 14.0. The number of aliphatic carboxylic acids is 1. The summed E-state index contributed by atoms with van der Waals surface area (Å²) in [5.74, 6) is -0.978. The lowest BCUT2D eigenvalue weighted by atomic mass is 9.97. The van der Waals surface area contributed by atoms with Gasteiger partial charge >= 0.3 is 5.97 Å². The molecule has 0 unspecified atom stereocenters. The van der Waals surface area contributed by atoms with Gasteiger partial charge in [-0.25, -0.2) is 4.79 Å². The maximum absolute atomic E-state index is 11.4. The highest BCUT2D eigenvalue weighted by Gasteiger charge is 2.42. The van der Waals surface area contributed by atoms with E-state index in [-0.39, 0.29) is 16.4 Å². The van der Waals surface area contributed by atoms with Crippen molar-refractivity contribution in [3.63, 3.8) is 0 Å². The summed E-state index contributed by atoms with van der Waals surface area (Å²) in [5.41, 5.74) is -1.13. The zero-order valence-electron chi connectivity index (χ0n) is 10.1. The van der Waals surface area contributed by atoms with Crippen molar-refractivity contribution in [2.24, 2.45) is 0 Å². The summed E-state index contributed by atoms with van der Waals surface area (Å²) in [4.78, 5) is 21.8. The fourth-order valence-electron chi connectivity index (χ4n) is 2.39. The molecule has 0 atom stereocenters. The van der Waals surface area contributed by atoms with Crippen molar-refractivity contribution in [1.82, 2.24) is 0 Å². The molecule has 1 aromatic rings. The van der Waals surface area contributed by atoms with E-state index in [0.29, 0.717) is 12.8 Å². The molecule has 6 nitrogen and oxygen atoms in total. The number of anilines is 1. The molecule has 0 spiro atoms. The number of hydrogen-bond donors (Lipinski definition) is 2. The lowest BCUT2D eigenvalue weighted by Gasteiger charge is -2.26. The third kappa shape index (κ3) is 2.63. The Morgan fingerprint density at radius 3 is 2.58 bits per heavy atom. The number of rotatable bonds is 4. The third-order valence-electron chi connectivity index (χ3n) is 3.40. The zero-order valence-corrected chi connectivity index (χ0v) is 10.8. The van der Waals surface area contributed by atoms with Gasteiger partial charge in [-0.1, -0.05) is 24.4 Å². The summed E-state index contributed by atoms with van der Waals surface area (Å²) in [7, 11) is 0. The van der Waals surface area contributed by atoms with E-state index in [9.17, 15) is 20.0 Å². The van der Waals surface area contributed by atoms with Crippen LogP contribution in [0.5, 0.6) is 0 Å². The second-order valence-electron chi connectivity index (χ2n) is 4.64. The number of halogens is 1. The number of benzene rings is 1. The smallest absolute Gasteiger partial charge is 0.329 e. The number of nitrogens with one attached hydrogen (secondary N) is 1. The minimum atomic E-state index is -1.11. The molecule has 102 valence electrons. The van der Waals surface area contributed by atoms with Gasteiger partial charge in [0, 0.05) is 11.1 Å². The molecular formula is C12H13ClN2O4. The van der Waals surface area contributed by atoms with Crippen LogP contribution in [-0.4, -0.2) is 21.5 Å². The first-order valence-corrected chi connectivity index (χ1v) is 6.28. The summed E-state index contributed by atoms with van der Waals surface area (Å²) in [6, 6.07) is 4.17. The van der Waals surface area contributed by atoms with E-state index in [1.54, 1.807) is 0 Å². The SMILES string of the molecule is O=C(O)C1(Nc2ccc(Cl)cc2[N+](=O)[O-])CCCC1. The Kier molecular flexibility index (Phi) is 3.61. The minimum absolute atomic E-state index is 0.193. The number of nitrogens with zero attached hydrogens (tertiary/aromatic N) is 1. The van der Waals surface area contributed by atoms with Gasteiger partial charge in [-0.2, -0.15) is 0 Å². The lowest BCUT2D eigenvalue weighted by molar-refractivity contribution is -0.384. The van der Waals surface area contributed by atoms with Crippen molar-refractivity contribution in [2.75, 3.05) is 5.32 Å². The van der Waals surface area contributed by atoms with Crippen molar-refractivity contribution in [3.8, 4) is 0 Å². The molecule has 7 heteroatoms. The van der Waals surface area contributed by atoms with Crippen LogP contribution in [0.1, 0.15) is 25.7 Å². The number of carboxylic acid groups (broad SMARTS) is 1. The first-order valence-electron chi connectivity index (χ1n) is 5.90. The van der Waals surface area contributed by atoms with Gasteiger partial charge < -0.3 is 10.4 Å². The molecule has 0 heterocycles. The van der Waals surface area contributed by atoms with Gasteiger partial charge in [0.25, 0.3) is 5.69 Å². The summed E-state index contributed by atoms with van der Waals surface area (Å²) in [5, 5.41) is 23.4. The standard InChI is InChI=1S/C12H13ClN2O4/c13-8-3-4-9(10(7-8)15(18)19)14-12(11(16)17)5-1-2-6-12/h3-4,7,14H,1-2,5-6H2,(H,16,17). The molecule has 1 aromatic carbocycles. The maximum Gasteiger partial charge on any atom is 0.329 e. The van der Waals surface area contributed by atoms with Crippen molar-refractivity contribution in [2.45, 2.75) is 31.2 Å². The number of carboxylic acids is 1. The van der Waals surface area contributed by atoms with Gasteiger partial charge in [0.05, 0.1) is 4.92 Å². The average molecular weight is 285 g/mol. The first kappa shape index (κ1) is 13.6. The highest BCUT2D eigenvalue weighted by Crippen LogP contribution is 2.37. The number of nitro benzene ring substituents is 1. The Labute approximate surface area is 114 Å². The van der Waals surface area contributed by atoms with Gasteiger partial charge in [0.1, 0.15) is 11.2 Å². The molecule has 0 saturated heterocycles. The Morgan fingerprint density at radius 2 is 2.05 bits per heavy atom. The van der Waals surface area contributed by atoms with Gasteiger partial charge in [-0.3, -0.25) is 10.1 Å². The molecule has 19 heavy (non-hydrogen) atoms. The molecule has 0 radical (unpaired) electrons. The fraction of sp³-hybridized carbons (Fsp3) is 0.417. The van der Waals surface area contributed by atoms with Crippen molar-refractivity contribution < 1.29 is 14.8 Å². The molecule has 1 aliphatic rings. The summed E-state index contributed by atoms with van der Waals surface area (Å²) >= 11 is 5.73. The van der Waals surface area contributed by atoms with Gasteiger partial charge in [0.15, 0.2) is 0 Å². The molecule has 1 aliphatic carbocycles. The predicted molar refractivity (Wildman–Crippen MR) is 70.6 cm³/mol. The number of nitro groups is 1. The second-order valence-corrected chi connectivity index (χ2v) is 5.07. The van der Waals surface area contributed by atoms with Gasteiger partial charge in [0.2, 0.25) is 0 Å². The molecule has 0 aromatic heterocycles. The Bertz CT molecular complexity index is 526. The van der Waals surface area contributed by atoms with Crippen molar-refractivity contribution >= 4 is 28.9 Å². The van der Waals surface area contributed by atoms with Crippen LogP contribution in [0.25, 0.3) is 0 Å². The Hall–Kier alpha value is -1.82. The molecule has 2 rings (SSSR count). The van der Waals surface area contributed by atoms with Gasteiger partial charge in [-0.15, -0.1) is 0 Å². The summed E-state index contributed by atoms with van der Waals surface area (Å²) in [6.45, 7) is 0. The van der Waals surface area contributed by atoms with Gasteiger partial charge in [-0.05, 0) is 25.0 Å². The first-order chi connectivity index (χ1) is 8.94. The molecule has 0 amide bonds. The minimum Gasteiger partial charge on any atom is -0.480 e. The van der Waals surface area contributed by atoms with E-state index < -0.39 is 16.4 Å². The van der Waals surface area contributed by atoms with E-state index in [0.717, 1.165) is 12.8 Å². The Morgan fingerprint density at radius 1 is 1.42 bits per heavy atom. The van der Waals surface area contributed by atoms with Crippen LogP contribution in [0, 0.1) is 10.1 Å². The van der Waals surface area contributed by atoms with Crippen LogP contribution >= 0.6 is 11.6 Å². The lowest BCUT2D eigenvalue weighted by Crippen LogP contribution is -2.43. The van der Waals surface area contributed by atoms with E-state index in [2.05, 4.69) is 5.32 Å². The largest absolute Gasteiger partial charge is 0.480 e. The highest BCUT2D eigenvalue weighted by molar-refractivity contribution is 6.30. The predicted octanol–water partition coefficient (Wildman–Crippen LogP) is 3.06. The topological polar surface area (TPSA) is 92.5 Å². The number of carbonyl (C=O) groups is 1. The van der Waals surface area contributed by atoms with Crippen LogP contribution in [0.4, 0.5) is 11.4 Å². The van der Waals surface area contributed by atoms with E-state index in [1.807, 2.05) is 0 Å². The van der Waals surface area contributed by atoms with Crippen LogP contribution in [0.3, 0.4) is 0 Å². The summed E-state index contributed by atoms with van der Waals surface area (Å²) in [6.07, 6.45) is 2.51.